The van der Waals surface area contributed by atoms with Gasteiger partial charge in [-0.15, -0.1) is 0 Å². The van der Waals surface area contributed by atoms with Crippen LogP contribution in [-0.4, -0.2) is 27.9 Å². The van der Waals surface area contributed by atoms with Crippen molar-refractivity contribution in [1.82, 2.24) is 20.1 Å². The van der Waals surface area contributed by atoms with Crippen LogP contribution in [0, 0.1) is 0 Å². The summed E-state index contributed by atoms with van der Waals surface area (Å²) in [6.07, 6.45) is 3.92. The Balaban J connectivity index is 1.84. The van der Waals surface area contributed by atoms with Crippen molar-refractivity contribution in [2.45, 2.75) is 31.1 Å². The smallest absolute Gasteiger partial charge is 0.154 e. The summed E-state index contributed by atoms with van der Waals surface area (Å²) in [5.41, 5.74) is 0. The van der Waals surface area contributed by atoms with Crippen molar-refractivity contribution in [2.24, 2.45) is 7.05 Å². The Morgan fingerprint density at radius 2 is 2.07 bits per heavy atom. The van der Waals surface area contributed by atoms with E-state index < -0.39 is 0 Å². The lowest BCUT2D eigenvalue weighted by Gasteiger charge is -2.25. The van der Waals surface area contributed by atoms with E-state index in [1.165, 1.54) is 25.1 Å². The Morgan fingerprint density at radius 3 is 2.57 bits per heavy atom. The van der Waals surface area contributed by atoms with Crippen LogP contribution in [0.1, 0.15) is 42.7 Å². The summed E-state index contributed by atoms with van der Waals surface area (Å²) < 4.78 is 1.97. The number of aromatic nitrogens is 3. The Hall–Kier alpha value is -0.900. The minimum absolute atomic E-state index is 0.598. The van der Waals surface area contributed by atoms with Crippen LogP contribution in [0.15, 0.2) is 0 Å². The minimum Gasteiger partial charge on any atom is -0.315 e. The number of rotatable bonds is 2. The highest BCUT2D eigenvalue weighted by Crippen LogP contribution is 2.35. The molecule has 1 N–H and O–H groups in total. The number of aryl methyl sites for hydroxylation is 1. The van der Waals surface area contributed by atoms with Gasteiger partial charge >= 0.3 is 0 Å². The molecular formula is C10H16N4. The fourth-order valence-electron chi connectivity index (χ4n) is 2.08. The molecule has 0 spiro atoms. The molecule has 1 aliphatic heterocycles. The zero-order valence-corrected chi connectivity index (χ0v) is 8.53. The molecule has 0 amide bonds. The Labute approximate surface area is 83.7 Å². The van der Waals surface area contributed by atoms with Gasteiger partial charge in [-0.3, -0.25) is 4.68 Å². The molecule has 2 heterocycles. The number of nitrogens with one attached hydrogen (secondary N) is 1. The Bertz CT molecular complexity index is 336. The van der Waals surface area contributed by atoms with Gasteiger partial charge in [0.1, 0.15) is 5.82 Å². The fourth-order valence-corrected chi connectivity index (χ4v) is 2.08. The van der Waals surface area contributed by atoms with Gasteiger partial charge in [0.15, 0.2) is 5.82 Å². The van der Waals surface area contributed by atoms with Gasteiger partial charge in [-0.25, -0.2) is 4.98 Å². The van der Waals surface area contributed by atoms with Crippen LogP contribution >= 0.6 is 0 Å². The predicted octanol–water partition coefficient (Wildman–Crippen LogP) is 0.769. The standard InChI is InChI=1S/C10H16N4/c1-14-10(8-5-11-6-8)12-9(13-14)7-3-2-4-7/h7-8,11H,2-6H2,1H3. The summed E-state index contributed by atoms with van der Waals surface area (Å²) in [6, 6.07) is 0. The van der Waals surface area contributed by atoms with Gasteiger partial charge in [0.05, 0.1) is 0 Å². The van der Waals surface area contributed by atoms with Crippen LogP contribution in [0.2, 0.25) is 0 Å². The third kappa shape index (κ3) is 1.17. The summed E-state index contributed by atoms with van der Waals surface area (Å²) in [5, 5.41) is 7.79. The number of hydrogen-bond donors (Lipinski definition) is 1. The van der Waals surface area contributed by atoms with E-state index >= 15 is 0 Å². The van der Waals surface area contributed by atoms with Gasteiger partial charge in [-0.05, 0) is 12.8 Å². The summed E-state index contributed by atoms with van der Waals surface area (Å²) in [7, 11) is 2.02. The van der Waals surface area contributed by atoms with Gasteiger partial charge < -0.3 is 5.32 Å². The van der Waals surface area contributed by atoms with Crippen LogP contribution in [0.4, 0.5) is 0 Å². The first-order chi connectivity index (χ1) is 6.84. The molecule has 4 nitrogen and oxygen atoms in total. The Morgan fingerprint density at radius 1 is 1.29 bits per heavy atom. The van der Waals surface area contributed by atoms with E-state index in [0.29, 0.717) is 11.8 Å². The molecule has 0 radical (unpaired) electrons. The minimum atomic E-state index is 0.598. The third-order valence-electron chi connectivity index (χ3n) is 3.43. The largest absolute Gasteiger partial charge is 0.315 e. The molecule has 0 aromatic carbocycles. The molecule has 0 atom stereocenters. The number of hydrogen-bond acceptors (Lipinski definition) is 3. The van der Waals surface area contributed by atoms with Gasteiger partial charge in [0.25, 0.3) is 0 Å². The lowest BCUT2D eigenvalue weighted by Crippen LogP contribution is -2.41. The van der Waals surface area contributed by atoms with E-state index in [-0.39, 0.29) is 0 Å². The highest BCUT2D eigenvalue weighted by atomic mass is 15.3. The summed E-state index contributed by atoms with van der Waals surface area (Å²) in [5.74, 6) is 3.51. The SMILES string of the molecule is Cn1nc(C2CCC2)nc1C1CNC1. The topological polar surface area (TPSA) is 42.7 Å². The van der Waals surface area contributed by atoms with E-state index in [2.05, 4.69) is 15.4 Å². The van der Waals surface area contributed by atoms with E-state index in [1.807, 2.05) is 11.7 Å². The lowest BCUT2D eigenvalue weighted by atomic mass is 9.85. The summed E-state index contributed by atoms with van der Waals surface area (Å²) >= 11 is 0. The first-order valence-corrected chi connectivity index (χ1v) is 5.46. The van der Waals surface area contributed by atoms with Gasteiger partial charge in [-0.1, -0.05) is 6.42 Å². The highest BCUT2D eigenvalue weighted by Gasteiger charge is 2.28. The van der Waals surface area contributed by atoms with Crippen molar-refractivity contribution in [3.05, 3.63) is 11.6 Å². The summed E-state index contributed by atoms with van der Waals surface area (Å²) in [6.45, 7) is 2.13. The van der Waals surface area contributed by atoms with E-state index in [4.69, 9.17) is 0 Å². The van der Waals surface area contributed by atoms with Crippen molar-refractivity contribution in [1.29, 1.82) is 0 Å². The molecule has 1 aromatic heterocycles. The molecule has 1 saturated heterocycles. The Kier molecular flexibility index (Phi) is 1.83. The molecule has 0 bridgehead atoms. The van der Waals surface area contributed by atoms with E-state index in [9.17, 15) is 0 Å². The van der Waals surface area contributed by atoms with Crippen LogP contribution in [-0.2, 0) is 7.05 Å². The van der Waals surface area contributed by atoms with E-state index in [1.54, 1.807) is 0 Å². The second-order valence-electron chi connectivity index (χ2n) is 4.43. The molecule has 3 rings (SSSR count). The van der Waals surface area contributed by atoms with Crippen molar-refractivity contribution >= 4 is 0 Å². The zero-order chi connectivity index (χ0) is 9.54. The molecule has 2 aliphatic rings. The van der Waals surface area contributed by atoms with Crippen LogP contribution in [0.5, 0.6) is 0 Å². The third-order valence-corrected chi connectivity index (χ3v) is 3.43. The lowest BCUT2D eigenvalue weighted by molar-refractivity contribution is 0.399. The van der Waals surface area contributed by atoms with Crippen molar-refractivity contribution in [2.75, 3.05) is 13.1 Å². The highest BCUT2D eigenvalue weighted by molar-refractivity contribution is 5.09. The molecule has 1 saturated carbocycles. The number of nitrogens with zero attached hydrogens (tertiary/aromatic N) is 3. The fraction of sp³-hybridized carbons (Fsp3) is 0.800. The molecule has 4 heteroatoms. The van der Waals surface area contributed by atoms with E-state index in [0.717, 1.165) is 18.9 Å². The molecule has 1 aromatic rings. The molecule has 1 aliphatic carbocycles. The maximum atomic E-state index is 4.67. The molecule has 14 heavy (non-hydrogen) atoms. The average Bonchev–Trinajstić information content (AvgIpc) is 2.25. The van der Waals surface area contributed by atoms with Crippen molar-refractivity contribution in [3.63, 3.8) is 0 Å². The first-order valence-electron chi connectivity index (χ1n) is 5.46. The molecule has 2 fully saturated rings. The quantitative estimate of drug-likeness (QED) is 0.752. The summed E-state index contributed by atoms with van der Waals surface area (Å²) in [4.78, 5) is 4.67. The first kappa shape index (κ1) is 8.41. The van der Waals surface area contributed by atoms with Crippen LogP contribution in [0.3, 0.4) is 0 Å². The average molecular weight is 192 g/mol. The normalized spacial score (nSPS) is 23.2. The molecule has 76 valence electrons. The van der Waals surface area contributed by atoms with Crippen molar-refractivity contribution in [3.8, 4) is 0 Å². The van der Waals surface area contributed by atoms with Gasteiger partial charge in [-0.2, -0.15) is 5.10 Å². The second-order valence-corrected chi connectivity index (χ2v) is 4.43. The maximum Gasteiger partial charge on any atom is 0.154 e. The van der Waals surface area contributed by atoms with Gasteiger partial charge in [0, 0.05) is 32.0 Å². The molecule has 0 unspecified atom stereocenters. The zero-order valence-electron chi connectivity index (χ0n) is 8.53. The van der Waals surface area contributed by atoms with Gasteiger partial charge in [0.2, 0.25) is 0 Å². The van der Waals surface area contributed by atoms with Crippen LogP contribution in [0.25, 0.3) is 0 Å². The van der Waals surface area contributed by atoms with Crippen LogP contribution < -0.4 is 5.32 Å². The molecular weight excluding hydrogens is 176 g/mol. The maximum absolute atomic E-state index is 4.67. The predicted molar refractivity (Wildman–Crippen MR) is 53.2 cm³/mol. The monoisotopic (exact) mass is 192 g/mol. The second kappa shape index (κ2) is 3.05. The van der Waals surface area contributed by atoms with Crippen molar-refractivity contribution < 1.29 is 0 Å².